The summed E-state index contributed by atoms with van der Waals surface area (Å²) >= 11 is 1.78. The normalized spacial score (nSPS) is 16.3. The number of carbonyl (C=O) groups is 1. The average molecular weight is 283 g/mol. The lowest BCUT2D eigenvalue weighted by Crippen LogP contribution is -2.39. The molecule has 1 aromatic heterocycles. The molecule has 0 aromatic carbocycles. The highest BCUT2D eigenvalue weighted by Gasteiger charge is 2.28. The van der Waals surface area contributed by atoms with Gasteiger partial charge in [-0.2, -0.15) is 11.8 Å². The van der Waals surface area contributed by atoms with E-state index >= 15 is 0 Å². The molecule has 1 aromatic rings. The maximum atomic E-state index is 11.8. The Labute approximate surface area is 118 Å². The quantitative estimate of drug-likeness (QED) is 0.557. The largest absolute Gasteiger partial charge is 0.468 e. The van der Waals surface area contributed by atoms with Gasteiger partial charge >= 0.3 is 5.97 Å². The SMILES string of the molecule is CCOC(=O)C(CCSCc1ccco1)NC1CC1. The van der Waals surface area contributed by atoms with Crippen LogP contribution in [-0.4, -0.2) is 30.4 Å². The van der Waals surface area contributed by atoms with Crippen LogP contribution in [0.15, 0.2) is 22.8 Å². The highest BCUT2D eigenvalue weighted by Crippen LogP contribution is 2.21. The van der Waals surface area contributed by atoms with Crippen molar-refractivity contribution in [1.29, 1.82) is 0 Å². The van der Waals surface area contributed by atoms with Gasteiger partial charge in [-0.3, -0.25) is 4.79 Å². The zero-order chi connectivity index (χ0) is 13.5. The van der Waals surface area contributed by atoms with Gasteiger partial charge in [0, 0.05) is 6.04 Å². The molecule has 1 fully saturated rings. The van der Waals surface area contributed by atoms with Crippen LogP contribution in [0.2, 0.25) is 0 Å². The lowest BCUT2D eigenvalue weighted by molar-refractivity contribution is -0.145. The van der Waals surface area contributed by atoms with Crippen LogP contribution in [0.5, 0.6) is 0 Å². The van der Waals surface area contributed by atoms with Crippen LogP contribution in [0.25, 0.3) is 0 Å². The van der Waals surface area contributed by atoms with Crippen LogP contribution >= 0.6 is 11.8 Å². The van der Waals surface area contributed by atoms with E-state index in [9.17, 15) is 4.79 Å². The Morgan fingerprint density at radius 2 is 2.47 bits per heavy atom. The van der Waals surface area contributed by atoms with Gasteiger partial charge in [-0.25, -0.2) is 0 Å². The molecule has 0 amide bonds. The zero-order valence-corrected chi connectivity index (χ0v) is 12.1. The molecule has 0 radical (unpaired) electrons. The Morgan fingerprint density at radius 1 is 1.63 bits per heavy atom. The summed E-state index contributed by atoms with van der Waals surface area (Å²) in [6.07, 6.45) is 4.84. The van der Waals surface area contributed by atoms with E-state index in [1.54, 1.807) is 18.0 Å². The summed E-state index contributed by atoms with van der Waals surface area (Å²) in [7, 11) is 0. The van der Waals surface area contributed by atoms with Crippen molar-refractivity contribution in [2.45, 2.75) is 44.0 Å². The Bertz CT molecular complexity index is 376. The van der Waals surface area contributed by atoms with E-state index in [0.717, 1.165) is 23.7 Å². The minimum atomic E-state index is -0.156. The zero-order valence-electron chi connectivity index (χ0n) is 11.3. The Hall–Kier alpha value is -0.940. The molecule has 1 heterocycles. The van der Waals surface area contributed by atoms with Crippen LogP contribution in [0.4, 0.5) is 0 Å². The van der Waals surface area contributed by atoms with Crippen LogP contribution in [-0.2, 0) is 15.3 Å². The van der Waals surface area contributed by atoms with Crippen molar-refractivity contribution in [1.82, 2.24) is 5.32 Å². The van der Waals surface area contributed by atoms with Gasteiger partial charge in [-0.05, 0) is 44.1 Å². The third-order valence-corrected chi connectivity index (χ3v) is 3.97. The van der Waals surface area contributed by atoms with Gasteiger partial charge in [0.1, 0.15) is 11.8 Å². The van der Waals surface area contributed by atoms with E-state index in [4.69, 9.17) is 9.15 Å². The first-order valence-corrected chi connectivity index (χ1v) is 7.98. The van der Waals surface area contributed by atoms with Crippen LogP contribution in [0.1, 0.15) is 31.9 Å². The van der Waals surface area contributed by atoms with Crippen molar-refractivity contribution in [3.05, 3.63) is 24.2 Å². The molecule has 5 heteroatoms. The molecule has 1 atom stereocenters. The minimum absolute atomic E-state index is 0.118. The van der Waals surface area contributed by atoms with Crippen molar-refractivity contribution >= 4 is 17.7 Å². The number of nitrogens with one attached hydrogen (secondary N) is 1. The predicted molar refractivity (Wildman–Crippen MR) is 76.1 cm³/mol. The topological polar surface area (TPSA) is 51.5 Å². The summed E-state index contributed by atoms with van der Waals surface area (Å²) in [6, 6.07) is 4.23. The monoisotopic (exact) mass is 283 g/mol. The van der Waals surface area contributed by atoms with Gasteiger partial charge in [0.05, 0.1) is 18.6 Å². The fourth-order valence-electron chi connectivity index (χ4n) is 1.82. The standard InChI is InChI=1S/C14H21NO3S/c1-2-17-14(16)13(15-11-5-6-11)7-9-19-10-12-4-3-8-18-12/h3-4,8,11,13,15H,2,5-7,9-10H2,1H3. The number of hydrogen-bond donors (Lipinski definition) is 1. The van der Waals surface area contributed by atoms with Gasteiger partial charge in [-0.15, -0.1) is 0 Å². The third-order valence-electron chi connectivity index (χ3n) is 2.96. The van der Waals surface area contributed by atoms with Crippen LogP contribution in [0, 0.1) is 0 Å². The number of esters is 1. The second-order valence-corrected chi connectivity index (χ2v) is 5.77. The summed E-state index contributed by atoms with van der Waals surface area (Å²) in [5, 5.41) is 3.36. The van der Waals surface area contributed by atoms with Crippen molar-refractivity contribution < 1.29 is 13.9 Å². The van der Waals surface area contributed by atoms with E-state index in [1.807, 2.05) is 19.1 Å². The smallest absolute Gasteiger partial charge is 0.323 e. The number of rotatable bonds is 9. The summed E-state index contributed by atoms with van der Waals surface area (Å²) < 4.78 is 10.4. The number of thioether (sulfide) groups is 1. The van der Waals surface area contributed by atoms with Gasteiger partial charge in [0.15, 0.2) is 0 Å². The lowest BCUT2D eigenvalue weighted by atomic mass is 10.2. The highest BCUT2D eigenvalue weighted by molar-refractivity contribution is 7.98. The molecular weight excluding hydrogens is 262 g/mol. The number of furan rings is 1. The maximum Gasteiger partial charge on any atom is 0.323 e. The molecule has 1 N–H and O–H groups in total. The molecule has 1 unspecified atom stereocenters. The van der Waals surface area contributed by atoms with Crippen LogP contribution < -0.4 is 5.32 Å². The number of hydrogen-bond acceptors (Lipinski definition) is 5. The molecule has 0 saturated heterocycles. The molecule has 0 spiro atoms. The first kappa shape index (κ1) is 14.5. The third kappa shape index (κ3) is 5.28. The summed E-state index contributed by atoms with van der Waals surface area (Å²) in [4.78, 5) is 11.8. The van der Waals surface area contributed by atoms with Crippen LogP contribution in [0.3, 0.4) is 0 Å². The molecular formula is C14H21NO3S. The highest BCUT2D eigenvalue weighted by atomic mass is 32.2. The number of carbonyl (C=O) groups excluding carboxylic acids is 1. The van der Waals surface area contributed by atoms with E-state index < -0.39 is 0 Å². The van der Waals surface area contributed by atoms with E-state index in [0.29, 0.717) is 12.6 Å². The molecule has 2 rings (SSSR count). The fourth-order valence-corrected chi connectivity index (χ4v) is 2.73. The van der Waals surface area contributed by atoms with Gasteiger partial charge < -0.3 is 14.5 Å². The maximum absolute atomic E-state index is 11.8. The van der Waals surface area contributed by atoms with Crippen molar-refractivity contribution in [2.24, 2.45) is 0 Å². The first-order chi connectivity index (χ1) is 9.29. The Morgan fingerprint density at radius 3 is 3.11 bits per heavy atom. The van der Waals surface area contributed by atoms with Crippen molar-refractivity contribution in [3.8, 4) is 0 Å². The van der Waals surface area contributed by atoms with E-state index in [2.05, 4.69) is 5.32 Å². The first-order valence-electron chi connectivity index (χ1n) is 6.82. The van der Waals surface area contributed by atoms with Gasteiger partial charge in [-0.1, -0.05) is 0 Å². The van der Waals surface area contributed by atoms with Crippen molar-refractivity contribution in [3.63, 3.8) is 0 Å². The van der Waals surface area contributed by atoms with Gasteiger partial charge in [0.2, 0.25) is 0 Å². The molecule has 1 saturated carbocycles. The molecule has 1 aliphatic carbocycles. The predicted octanol–water partition coefficient (Wildman–Crippen LogP) is 2.59. The molecule has 19 heavy (non-hydrogen) atoms. The molecule has 1 aliphatic rings. The second kappa shape index (κ2) is 7.60. The second-order valence-electron chi connectivity index (χ2n) is 4.67. The molecule has 0 bridgehead atoms. The molecule has 0 aliphatic heterocycles. The molecule has 4 nitrogen and oxygen atoms in total. The van der Waals surface area contributed by atoms with Crippen molar-refractivity contribution in [2.75, 3.05) is 12.4 Å². The van der Waals surface area contributed by atoms with E-state index in [1.165, 1.54) is 12.8 Å². The lowest BCUT2D eigenvalue weighted by Gasteiger charge is -2.16. The number of ether oxygens (including phenoxy) is 1. The summed E-state index contributed by atoms with van der Waals surface area (Å²) in [6.45, 7) is 2.29. The summed E-state index contributed by atoms with van der Waals surface area (Å²) in [5.74, 6) is 2.64. The molecule has 106 valence electrons. The summed E-state index contributed by atoms with van der Waals surface area (Å²) in [5.41, 5.74) is 0. The van der Waals surface area contributed by atoms with Gasteiger partial charge in [0.25, 0.3) is 0 Å². The van der Waals surface area contributed by atoms with E-state index in [-0.39, 0.29) is 12.0 Å². The fraction of sp³-hybridized carbons (Fsp3) is 0.643. The average Bonchev–Trinajstić information content (AvgIpc) is 3.07. The minimum Gasteiger partial charge on any atom is -0.468 e. The Kier molecular flexibility index (Phi) is 5.79. The Balaban J connectivity index is 1.67.